The van der Waals surface area contributed by atoms with E-state index in [0.29, 0.717) is 19.2 Å². The second-order valence-electron chi connectivity index (χ2n) is 5.51. The van der Waals surface area contributed by atoms with Gasteiger partial charge in [0.05, 0.1) is 12.6 Å². The van der Waals surface area contributed by atoms with Crippen molar-refractivity contribution in [3.63, 3.8) is 0 Å². The normalized spacial score (nSPS) is 22.2. The molecule has 1 heterocycles. The smallest absolute Gasteiger partial charge is 0.239 e. The van der Waals surface area contributed by atoms with Gasteiger partial charge in [-0.05, 0) is 31.9 Å². The summed E-state index contributed by atoms with van der Waals surface area (Å²) in [5.41, 5.74) is 5.72. The summed E-state index contributed by atoms with van der Waals surface area (Å²) in [6.45, 7) is 2.73. The van der Waals surface area contributed by atoms with E-state index in [1.54, 1.807) is 6.92 Å². The number of amides is 1. The molecule has 0 radical (unpaired) electrons. The lowest BCUT2D eigenvalue weighted by molar-refractivity contribution is -0.134. The number of fused-ring (bicyclic) bond motifs is 1. The second kappa shape index (κ2) is 5.32. The molecule has 2 aliphatic rings. The Hall–Kier alpha value is -1.75. The highest BCUT2D eigenvalue weighted by Crippen LogP contribution is 2.33. The summed E-state index contributed by atoms with van der Waals surface area (Å²) in [6.07, 6.45) is 1.99. The molecule has 0 saturated heterocycles. The fraction of sp³-hybridized carbons (Fsp3) is 0.533. The first-order valence-electron chi connectivity index (χ1n) is 7.09. The molecular formula is C15H20N2O3. The molecule has 2 atom stereocenters. The Kier molecular flexibility index (Phi) is 3.53. The summed E-state index contributed by atoms with van der Waals surface area (Å²) in [7, 11) is 0. The molecule has 0 spiro atoms. The standard InChI is InChI=1S/C15H20N2O3/c1-10(16)15(18)17(11-6-7-11)8-12-9-19-13-4-2-3-5-14(13)20-12/h2-5,10-12H,6-9,16H2,1H3/t10?,12-/m0/s1. The van der Waals surface area contributed by atoms with Crippen LogP contribution in [0.25, 0.3) is 0 Å². The molecule has 1 aliphatic carbocycles. The van der Waals surface area contributed by atoms with Gasteiger partial charge in [0, 0.05) is 6.04 Å². The number of hydrogen-bond donors (Lipinski definition) is 1. The highest BCUT2D eigenvalue weighted by atomic mass is 16.6. The van der Waals surface area contributed by atoms with Gasteiger partial charge < -0.3 is 20.1 Å². The predicted octanol–water partition coefficient (Wildman–Crippen LogP) is 1.16. The summed E-state index contributed by atoms with van der Waals surface area (Å²) < 4.78 is 11.6. The van der Waals surface area contributed by atoms with E-state index in [1.807, 2.05) is 29.2 Å². The maximum absolute atomic E-state index is 12.1. The molecule has 5 heteroatoms. The van der Waals surface area contributed by atoms with Gasteiger partial charge in [-0.1, -0.05) is 12.1 Å². The molecule has 1 unspecified atom stereocenters. The number of rotatable bonds is 4. The molecule has 108 valence electrons. The van der Waals surface area contributed by atoms with E-state index in [0.717, 1.165) is 24.3 Å². The molecule has 1 saturated carbocycles. The average Bonchev–Trinajstić information content (AvgIpc) is 3.28. The van der Waals surface area contributed by atoms with Gasteiger partial charge in [-0.2, -0.15) is 0 Å². The number of nitrogens with zero attached hydrogens (tertiary/aromatic N) is 1. The Balaban J connectivity index is 1.67. The third-order valence-corrected chi connectivity index (χ3v) is 3.63. The van der Waals surface area contributed by atoms with Gasteiger partial charge in [0.2, 0.25) is 5.91 Å². The van der Waals surface area contributed by atoms with Gasteiger partial charge in [0.15, 0.2) is 17.6 Å². The van der Waals surface area contributed by atoms with Crippen molar-refractivity contribution < 1.29 is 14.3 Å². The van der Waals surface area contributed by atoms with Crippen LogP contribution in [0.4, 0.5) is 0 Å². The zero-order valence-electron chi connectivity index (χ0n) is 11.6. The van der Waals surface area contributed by atoms with Gasteiger partial charge >= 0.3 is 0 Å². The van der Waals surface area contributed by atoms with Crippen LogP contribution in [0.2, 0.25) is 0 Å². The van der Waals surface area contributed by atoms with Crippen LogP contribution in [0.15, 0.2) is 24.3 Å². The van der Waals surface area contributed by atoms with E-state index in [9.17, 15) is 4.79 Å². The molecule has 0 bridgehead atoms. The van der Waals surface area contributed by atoms with E-state index < -0.39 is 6.04 Å². The van der Waals surface area contributed by atoms with Gasteiger partial charge in [-0.25, -0.2) is 0 Å². The van der Waals surface area contributed by atoms with Crippen molar-refractivity contribution in [2.75, 3.05) is 13.2 Å². The maximum Gasteiger partial charge on any atom is 0.239 e. The number of carbonyl (C=O) groups excluding carboxylic acids is 1. The van der Waals surface area contributed by atoms with Crippen LogP contribution in [-0.4, -0.2) is 42.1 Å². The minimum atomic E-state index is -0.465. The molecule has 1 amide bonds. The molecule has 5 nitrogen and oxygen atoms in total. The zero-order valence-corrected chi connectivity index (χ0v) is 11.6. The van der Waals surface area contributed by atoms with Crippen LogP contribution in [0.3, 0.4) is 0 Å². The fourth-order valence-corrected chi connectivity index (χ4v) is 2.44. The van der Waals surface area contributed by atoms with Crippen molar-refractivity contribution in [1.29, 1.82) is 0 Å². The maximum atomic E-state index is 12.1. The Labute approximate surface area is 118 Å². The quantitative estimate of drug-likeness (QED) is 0.896. The van der Waals surface area contributed by atoms with Gasteiger partial charge in [-0.15, -0.1) is 0 Å². The highest BCUT2D eigenvalue weighted by Gasteiger charge is 2.36. The number of para-hydroxylation sites is 2. The minimum absolute atomic E-state index is 0.00467. The van der Waals surface area contributed by atoms with Gasteiger partial charge in [0.1, 0.15) is 6.61 Å². The molecule has 1 aromatic rings. The largest absolute Gasteiger partial charge is 0.486 e. The van der Waals surface area contributed by atoms with Crippen molar-refractivity contribution in [3.8, 4) is 11.5 Å². The third-order valence-electron chi connectivity index (χ3n) is 3.63. The summed E-state index contributed by atoms with van der Waals surface area (Å²) in [4.78, 5) is 14.0. The monoisotopic (exact) mass is 276 g/mol. The molecule has 1 fully saturated rings. The van der Waals surface area contributed by atoms with E-state index in [2.05, 4.69) is 0 Å². The first-order chi connectivity index (χ1) is 9.65. The number of benzene rings is 1. The molecule has 3 rings (SSSR count). The first-order valence-corrected chi connectivity index (χ1v) is 7.09. The Bertz CT molecular complexity index is 500. The summed E-state index contributed by atoms with van der Waals surface area (Å²) in [5, 5.41) is 0. The van der Waals surface area contributed by atoms with E-state index >= 15 is 0 Å². The molecule has 1 aromatic carbocycles. The van der Waals surface area contributed by atoms with Crippen LogP contribution >= 0.6 is 0 Å². The fourth-order valence-electron chi connectivity index (χ4n) is 2.44. The van der Waals surface area contributed by atoms with Crippen molar-refractivity contribution in [3.05, 3.63) is 24.3 Å². The Morgan fingerprint density at radius 3 is 2.75 bits per heavy atom. The number of hydrogen-bond acceptors (Lipinski definition) is 4. The Morgan fingerprint density at radius 1 is 1.40 bits per heavy atom. The summed E-state index contributed by atoms with van der Waals surface area (Å²) in [6, 6.07) is 7.46. The molecule has 0 aromatic heterocycles. The van der Waals surface area contributed by atoms with Crippen LogP contribution in [-0.2, 0) is 4.79 Å². The SMILES string of the molecule is CC(N)C(=O)N(C[C@H]1COc2ccccc2O1)C1CC1. The van der Waals surface area contributed by atoms with Crippen LogP contribution in [0.1, 0.15) is 19.8 Å². The number of carbonyl (C=O) groups is 1. The molecule has 1 aliphatic heterocycles. The van der Waals surface area contributed by atoms with Crippen molar-refractivity contribution in [2.45, 2.75) is 38.0 Å². The first kappa shape index (κ1) is 13.2. The zero-order chi connectivity index (χ0) is 14.1. The van der Waals surface area contributed by atoms with E-state index in [-0.39, 0.29) is 12.0 Å². The van der Waals surface area contributed by atoms with Crippen LogP contribution in [0, 0.1) is 0 Å². The van der Waals surface area contributed by atoms with Crippen molar-refractivity contribution >= 4 is 5.91 Å². The third kappa shape index (κ3) is 2.72. The molecule has 2 N–H and O–H groups in total. The Morgan fingerprint density at radius 2 is 2.10 bits per heavy atom. The average molecular weight is 276 g/mol. The van der Waals surface area contributed by atoms with Gasteiger partial charge in [0.25, 0.3) is 0 Å². The summed E-state index contributed by atoms with van der Waals surface area (Å²) in [5.74, 6) is 1.50. The van der Waals surface area contributed by atoms with E-state index in [1.165, 1.54) is 0 Å². The lowest BCUT2D eigenvalue weighted by atomic mass is 10.2. The lowest BCUT2D eigenvalue weighted by Gasteiger charge is -2.32. The van der Waals surface area contributed by atoms with Gasteiger partial charge in [-0.3, -0.25) is 4.79 Å². The van der Waals surface area contributed by atoms with Crippen molar-refractivity contribution in [2.24, 2.45) is 5.73 Å². The molecular weight excluding hydrogens is 256 g/mol. The van der Waals surface area contributed by atoms with Crippen LogP contribution < -0.4 is 15.2 Å². The predicted molar refractivity (Wildman–Crippen MR) is 74.7 cm³/mol. The van der Waals surface area contributed by atoms with Crippen molar-refractivity contribution in [1.82, 2.24) is 4.90 Å². The minimum Gasteiger partial charge on any atom is -0.486 e. The summed E-state index contributed by atoms with van der Waals surface area (Å²) >= 11 is 0. The molecule has 20 heavy (non-hydrogen) atoms. The topological polar surface area (TPSA) is 64.8 Å². The number of nitrogens with two attached hydrogens (primary N) is 1. The highest BCUT2D eigenvalue weighted by molar-refractivity contribution is 5.81. The lowest BCUT2D eigenvalue weighted by Crippen LogP contribution is -2.49. The van der Waals surface area contributed by atoms with Crippen LogP contribution in [0.5, 0.6) is 11.5 Å². The second-order valence-corrected chi connectivity index (χ2v) is 5.51. The number of ether oxygens (including phenoxy) is 2. The van der Waals surface area contributed by atoms with E-state index in [4.69, 9.17) is 15.2 Å².